The van der Waals surface area contributed by atoms with Crippen molar-refractivity contribution >= 4 is 30.2 Å². The van der Waals surface area contributed by atoms with Gasteiger partial charge >= 0.3 is 0 Å². The number of aryl methyl sites for hydroxylation is 2. The number of hydrogen-bond acceptors (Lipinski definition) is 7. The summed E-state index contributed by atoms with van der Waals surface area (Å²) in [7, 11) is 1.71. The van der Waals surface area contributed by atoms with Crippen LogP contribution in [0, 0.1) is 6.92 Å². The summed E-state index contributed by atoms with van der Waals surface area (Å²) in [5.41, 5.74) is 3.31. The van der Waals surface area contributed by atoms with Crippen LogP contribution >= 0.6 is 13.5 Å². The Labute approximate surface area is 180 Å². The molecule has 30 heavy (non-hydrogen) atoms. The van der Waals surface area contributed by atoms with Crippen LogP contribution in [0.4, 0.5) is 5.82 Å². The van der Waals surface area contributed by atoms with Gasteiger partial charge in [0, 0.05) is 43.5 Å². The van der Waals surface area contributed by atoms with Crippen molar-refractivity contribution in [3.8, 4) is 11.3 Å². The number of rotatable bonds is 5. The average molecular weight is 422 g/mol. The first-order valence-electron chi connectivity index (χ1n) is 9.32. The minimum absolute atomic E-state index is 0. The van der Waals surface area contributed by atoms with Crippen LogP contribution < -0.4 is 10.9 Å². The van der Waals surface area contributed by atoms with E-state index in [1.807, 2.05) is 31.2 Å². The lowest BCUT2D eigenvalue weighted by Crippen LogP contribution is -2.18. The summed E-state index contributed by atoms with van der Waals surface area (Å²) in [5.74, 6) is 1.56. The molecule has 0 aliphatic heterocycles. The van der Waals surface area contributed by atoms with E-state index < -0.39 is 0 Å². The number of hydrogen-bond donors (Lipinski definition) is 1. The molecule has 1 N–H and O–H groups in total. The van der Waals surface area contributed by atoms with E-state index in [2.05, 4.69) is 37.2 Å². The molecule has 0 bridgehead atoms. The van der Waals surface area contributed by atoms with Gasteiger partial charge in [-0.15, -0.1) is 0 Å². The molecule has 0 saturated heterocycles. The second kappa shape index (κ2) is 9.00. The quantitative estimate of drug-likeness (QED) is 0.529. The normalized spacial score (nSPS) is 11.7. The van der Waals surface area contributed by atoms with E-state index in [4.69, 9.17) is 0 Å². The van der Waals surface area contributed by atoms with E-state index in [9.17, 15) is 4.79 Å². The number of aromatic nitrogens is 6. The summed E-state index contributed by atoms with van der Waals surface area (Å²) in [4.78, 5) is 33.9. The van der Waals surface area contributed by atoms with Crippen LogP contribution in [-0.4, -0.2) is 36.0 Å². The van der Waals surface area contributed by atoms with Gasteiger partial charge in [-0.1, -0.05) is 19.1 Å². The highest BCUT2D eigenvalue weighted by Gasteiger charge is 2.13. The number of fused-ring (bicyclic) bond motifs is 1. The summed E-state index contributed by atoms with van der Waals surface area (Å²) < 4.78 is 1.49. The number of nitrogens with one attached hydrogen (secondary N) is 1. The second-order valence-corrected chi connectivity index (χ2v) is 6.99. The Bertz CT molecular complexity index is 1220. The summed E-state index contributed by atoms with van der Waals surface area (Å²) in [6.07, 6.45) is 6.58. The molecule has 0 spiro atoms. The average Bonchev–Trinajstić information content (AvgIpc) is 2.75. The van der Waals surface area contributed by atoms with E-state index in [-0.39, 0.29) is 25.0 Å². The maximum absolute atomic E-state index is 12.4. The minimum atomic E-state index is -0.0437. The van der Waals surface area contributed by atoms with Gasteiger partial charge in [-0.25, -0.2) is 24.9 Å². The Hall–Kier alpha value is -3.33. The molecule has 0 saturated carbocycles. The number of benzene rings is 1. The highest BCUT2D eigenvalue weighted by atomic mass is 32.1. The molecular weight excluding hydrogens is 398 g/mol. The third-order valence-electron chi connectivity index (χ3n) is 4.84. The molecule has 9 heteroatoms. The maximum atomic E-state index is 12.4. The van der Waals surface area contributed by atoms with Crippen LogP contribution in [0.1, 0.15) is 24.2 Å². The van der Waals surface area contributed by atoms with Crippen LogP contribution in [0.3, 0.4) is 0 Å². The van der Waals surface area contributed by atoms with Crippen molar-refractivity contribution in [2.24, 2.45) is 7.05 Å². The van der Waals surface area contributed by atoms with Crippen molar-refractivity contribution in [3.05, 3.63) is 71.1 Å². The Kier molecular flexibility index (Phi) is 6.41. The molecule has 4 rings (SSSR count). The van der Waals surface area contributed by atoms with Gasteiger partial charge in [0.2, 0.25) is 0 Å². The SMILES string of the molecule is Cc1ncc(-c2cc(NC[C@@H](C)c3cccc4c(=O)n(C)cnc34)ncn2)cn1.S. The first kappa shape index (κ1) is 21.4. The monoisotopic (exact) mass is 421 g/mol. The molecule has 0 aliphatic rings. The highest BCUT2D eigenvalue weighted by Crippen LogP contribution is 2.23. The molecule has 1 aromatic carbocycles. The zero-order valence-electron chi connectivity index (χ0n) is 17.0. The summed E-state index contributed by atoms with van der Waals surface area (Å²) in [5, 5.41) is 3.98. The summed E-state index contributed by atoms with van der Waals surface area (Å²) >= 11 is 0. The second-order valence-electron chi connectivity index (χ2n) is 6.99. The van der Waals surface area contributed by atoms with Crippen molar-refractivity contribution in [3.63, 3.8) is 0 Å². The largest absolute Gasteiger partial charge is 0.369 e. The van der Waals surface area contributed by atoms with E-state index in [1.54, 1.807) is 25.8 Å². The van der Waals surface area contributed by atoms with E-state index >= 15 is 0 Å². The molecular formula is C21H23N7OS. The van der Waals surface area contributed by atoms with Crippen LogP contribution in [0.5, 0.6) is 0 Å². The van der Waals surface area contributed by atoms with E-state index in [0.29, 0.717) is 23.6 Å². The van der Waals surface area contributed by atoms with Gasteiger partial charge in [-0.2, -0.15) is 13.5 Å². The van der Waals surface area contributed by atoms with Crippen LogP contribution in [0.25, 0.3) is 22.2 Å². The predicted molar refractivity (Wildman–Crippen MR) is 122 cm³/mol. The smallest absolute Gasteiger partial charge is 0.260 e. The fourth-order valence-electron chi connectivity index (χ4n) is 3.17. The molecule has 8 nitrogen and oxygen atoms in total. The van der Waals surface area contributed by atoms with Crippen LogP contribution in [0.2, 0.25) is 0 Å². The zero-order valence-corrected chi connectivity index (χ0v) is 18.0. The van der Waals surface area contributed by atoms with Gasteiger partial charge in [0.1, 0.15) is 18.0 Å². The van der Waals surface area contributed by atoms with Crippen molar-refractivity contribution in [2.45, 2.75) is 19.8 Å². The molecule has 0 fully saturated rings. The lowest BCUT2D eigenvalue weighted by atomic mass is 9.98. The molecule has 0 aliphatic carbocycles. The van der Waals surface area contributed by atoms with Crippen molar-refractivity contribution in [2.75, 3.05) is 11.9 Å². The van der Waals surface area contributed by atoms with Gasteiger partial charge < -0.3 is 9.88 Å². The first-order chi connectivity index (χ1) is 14.0. The Balaban J connectivity index is 0.00000256. The van der Waals surface area contributed by atoms with Gasteiger partial charge in [0.05, 0.1) is 22.9 Å². The Morgan fingerprint density at radius 1 is 1.10 bits per heavy atom. The fourth-order valence-corrected chi connectivity index (χ4v) is 3.17. The predicted octanol–water partition coefficient (Wildman–Crippen LogP) is 2.82. The van der Waals surface area contributed by atoms with Gasteiger partial charge in [0.25, 0.3) is 5.56 Å². The minimum Gasteiger partial charge on any atom is -0.369 e. The van der Waals surface area contributed by atoms with E-state index in [0.717, 1.165) is 22.3 Å². The summed E-state index contributed by atoms with van der Waals surface area (Å²) in [6.45, 7) is 4.57. The Morgan fingerprint density at radius 3 is 2.63 bits per heavy atom. The van der Waals surface area contributed by atoms with Crippen LogP contribution in [-0.2, 0) is 7.05 Å². The molecule has 3 aromatic heterocycles. The molecule has 0 radical (unpaired) electrons. The van der Waals surface area contributed by atoms with Gasteiger partial charge in [-0.3, -0.25) is 4.79 Å². The summed E-state index contributed by atoms with van der Waals surface area (Å²) in [6, 6.07) is 7.60. The third-order valence-corrected chi connectivity index (χ3v) is 4.84. The van der Waals surface area contributed by atoms with Crippen molar-refractivity contribution < 1.29 is 0 Å². The van der Waals surface area contributed by atoms with Crippen molar-refractivity contribution in [1.82, 2.24) is 29.5 Å². The molecule has 154 valence electrons. The van der Waals surface area contributed by atoms with E-state index in [1.165, 1.54) is 10.9 Å². The number of anilines is 1. The lowest BCUT2D eigenvalue weighted by molar-refractivity contribution is 0.798. The Morgan fingerprint density at radius 2 is 1.87 bits per heavy atom. The molecule has 3 heterocycles. The maximum Gasteiger partial charge on any atom is 0.260 e. The third kappa shape index (κ3) is 4.30. The molecule has 0 amide bonds. The van der Waals surface area contributed by atoms with Crippen LogP contribution in [0.15, 0.2) is 54.1 Å². The fraction of sp³-hybridized carbons (Fsp3) is 0.238. The molecule has 1 atom stereocenters. The van der Waals surface area contributed by atoms with Gasteiger partial charge in [0.15, 0.2) is 0 Å². The molecule has 4 aromatic rings. The number of nitrogens with zero attached hydrogens (tertiary/aromatic N) is 6. The topological polar surface area (TPSA) is 98.5 Å². The first-order valence-corrected chi connectivity index (χ1v) is 9.32. The number of para-hydroxylation sites is 1. The highest BCUT2D eigenvalue weighted by molar-refractivity contribution is 7.59. The van der Waals surface area contributed by atoms with Gasteiger partial charge in [-0.05, 0) is 18.6 Å². The molecule has 0 unspecified atom stereocenters. The van der Waals surface area contributed by atoms with Crippen molar-refractivity contribution in [1.29, 1.82) is 0 Å². The lowest BCUT2D eigenvalue weighted by Gasteiger charge is -2.15. The zero-order chi connectivity index (χ0) is 20.4. The standard InChI is InChI=1S/C21H21N7O.H2S/c1-13(16-5-4-6-17-20(16)27-12-28(3)21(17)29)8-24-19-7-18(25-11-26-19)15-9-22-14(2)23-10-15;/h4-7,9-13H,8H2,1-3H3,(H,24,25,26);1H2/t13-;/m1./s1.